The van der Waals surface area contributed by atoms with Gasteiger partial charge in [-0.1, -0.05) is 20.8 Å². The summed E-state index contributed by atoms with van der Waals surface area (Å²) in [6.07, 6.45) is 4.77. The minimum atomic E-state index is -0.0160. The third-order valence-electron chi connectivity index (χ3n) is 4.33. The maximum Gasteiger partial charge on any atom is 0.273 e. The lowest BCUT2D eigenvalue weighted by molar-refractivity contribution is 0.0604. The highest BCUT2D eigenvalue weighted by Crippen LogP contribution is 2.35. The molecule has 0 unspecified atom stereocenters. The van der Waals surface area contributed by atoms with Crippen molar-refractivity contribution in [1.82, 2.24) is 19.9 Å². The number of amides is 1. The molecule has 1 amide bonds. The third-order valence-corrected chi connectivity index (χ3v) is 5.28. The van der Waals surface area contributed by atoms with Gasteiger partial charge in [-0.2, -0.15) is 0 Å². The van der Waals surface area contributed by atoms with Gasteiger partial charge in [0.05, 0.1) is 11.7 Å². The number of thiazole rings is 1. The van der Waals surface area contributed by atoms with Gasteiger partial charge in [-0.15, -0.1) is 11.3 Å². The second-order valence-electron chi connectivity index (χ2n) is 7.32. The van der Waals surface area contributed by atoms with Crippen LogP contribution in [0.15, 0.2) is 17.6 Å². The molecule has 1 saturated heterocycles. The van der Waals surface area contributed by atoms with Crippen LogP contribution in [0.4, 0.5) is 0 Å². The number of piperidine rings is 1. The van der Waals surface area contributed by atoms with E-state index < -0.39 is 0 Å². The van der Waals surface area contributed by atoms with Gasteiger partial charge in [0.2, 0.25) is 0 Å². The average molecular weight is 344 g/mol. The van der Waals surface area contributed by atoms with Gasteiger partial charge in [-0.3, -0.25) is 4.79 Å². The van der Waals surface area contributed by atoms with Gasteiger partial charge >= 0.3 is 0 Å². The molecule has 6 heteroatoms. The van der Waals surface area contributed by atoms with Crippen LogP contribution in [0.1, 0.15) is 73.1 Å². The number of hydrogen-bond acceptors (Lipinski definition) is 5. The SMILES string of the molecule is Cc1nccc(C(=O)N2CCCC[C@@H]2c2nc(C(C)(C)C)cs2)n1. The van der Waals surface area contributed by atoms with Crippen molar-refractivity contribution in [3.05, 3.63) is 39.9 Å². The van der Waals surface area contributed by atoms with E-state index in [1.807, 2.05) is 4.90 Å². The Morgan fingerprint density at radius 2 is 2.08 bits per heavy atom. The number of carbonyl (C=O) groups excluding carboxylic acids is 1. The van der Waals surface area contributed by atoms with Crippen LogP contribution >= 0.6 is 11.3 Å². The second-order valence-corrected chi connectivity index (χ2v) is 8.21. The molecule has 0 bridgehead atoms. The first-order valence-corrected chi connectivity index (χ1v) is 9.31. The zero-order valence-corrected chi connectivity index (χ0v) is 15.6. The van der Waals surface area contributed by atoms with E-state index in [0.29, 0.717) is 11.5 Å². The van der Waals surface area contributed by atoms with Crippen LogP contribution in [0.2, 0.25) is 0 Å². The maximum atomic E-state index is 13.0. The molecule has 0 radical (unpaired) electrons. The monoisotopic (exact) mass is 344 g/mol. The Hall–Kier alpha value is -1.82. The molecule has 0 saturated carbocycles. The molecule has 0 aromatic carbocycles. The van der Waals surface area contributed by atoms with Crippen molar-refractivity contribution in [2.75, 3.05) is 6.54 Å². The number of aryl methyl sites for hydroxylation is 1. The summed E-state index contributed by atoms with van der Waals surface area (Å²) in [6.45, 7) is 9.07. The van der Waals surface area contributed by atoms with Crippen molar-refractivity contribution in [2.24, 2.45) is 0 Å². The smallest absolute Gasteiger partial charge is 0.273 e. The third kappa shape index (κ3) is 3.48. The molecule has 0 spiro atoms. The summed E-state index contributed by atoms with van der Waals surface area (Å²) < 4.78 is 0. The molecule has 1 aliphatic heterocycles. The first kappa shape index (κ1) is 17.0. The maximum absolute atomic E-state index is 13.0. The van der Waals surface area contributed by atoms with E-state index in [-0.39, 0.29) is 17.4 Å². The summed E-state index contributed by atoms with van der Waals surface area (Å²) in [7, 11) is 0. The summed E-state index contributed by atoms with van der Waals surface area (Å²) in [4.78, 5) is 28.1. The minimum Gasteiger partial charge on any atom is -0.328 e. The van der Waals surface area contributed by atoms with E-state index >= 15 is 0 Å². The number of likely N-dealkylation sites (tertiary alicyclic amines) is 1. The molecule has 0 aliphatic carbocycles. The van der Waals surface area contributed by atoms with Crippen molar-refractivity contribution in [1.29, 1.82) is 0 Å². The topological polar surface area (TPSA) is 59.0 Å². The van der Waals surface area contributed by atoms with Gasteiger partial charge in [0.25, 0.3) is 5.91 Å². The van der Waals surface area contributed by atoms with Crippen molar-refractivity contribution < 1.29 is 4.79 Å². The lowest BCUT2D eigenvalue weighted by Gasteiger charge is -2.34. The van der Waals surface area contributed by atoms with E-state index in [1.165, 1.54) is 0 Å². The van der Waals surface area contributed by atoms with Crippen LogP contribution in [0.3, 0.4) is 0 Å². The highest BCUT2D eigenvalue weighted by Gasteiger charge is 2.32. The molecule has 2 aromatic heterocycles. The van der Waals surface area contributed by atoms with Crippen LogP contribution in [0.5, 0.6) is 0 Å². The van der Waals surface area contributed by atoms with E-state index in [9.17, 15) is 4.79 Å². The van der Waals surface area contributed by atoms with Gasteiger partial charge < -0.3 is 4.90 Å². The standard InChI is InChI=1S/C18H24N4OS/c1-12-19-9-8-13(20-12)17(23)22-10-6-5-7-14(22)16-21-15(11-24-16)18(2,3)4/h8-9,11,14H,5-7,10H2,1-4H3/t14-/m1/s1. The summed E-state index contributed by atoms with van der Waals surface area (Å²) in [5.41, 5.74) is 1.60. The second kappa shape index (κ2) is 6.59. The summed E-state index contributed by atoms with van der Waals surface area (Å²) >= 11 is 1.66. The van der Waals surface area contributed by atoms with Crippen molar-refractivity contribution in [3.63, 3.8) is 0 Å². The molecule has 2 aromatic rings. The molecule has 3 heterocycles. The van der Waals surface area contributed by atoms with E-state index in [4.69, 9.17) is 4.98 Å². The Morgan fingerprint density at radius 1 is 1.29 bits per heavy atom. The fourth-order valence-corrected chi connectivity index (χ4v) is 4.13. The molecule has 1 atom stereocenters. The Bertz CT molecular complexity index is 735. The number of hydrogen-bond donors (Lipinski definition) is 0. The van der Waals surface area contributed by atoms with Crippen LogP contribution in [0, 0.1) is 6.92 Å². The van der Waals surface area contributed by atoms with Crippen LogP contribution in [-0.2, 0) is 5.41 Å². The molecular formula is C18H24N4OS. The normalized spacial score (nSPS) is 18.7. The Balaban J connectivity index is 1.88. The lowest BCUT2D eigenvalue weighted by atomic mass is 9.93. The summed E-state index contributed by atoms with van der Waals surface area (Å²) in [5.74, 6) is 0.608. The number of aromatic nitrogens is 3. The number of carbonyl (C=O) groups is 1. The van der Waals surface area contributed by atoms with Crippen LogP contribution in [-0.4, -0.2) is 32.3 Å². The molecule has 0 N–H and O–H groups in total. The van der Waals surface area contributed by atoms with Crippen molar-refractivity contribution in [3.8, 4) is 0 Å². The fraction of sp³-hybridized carbons (Fsp3) is 0.556. The van der Waals surface area contributed by atoms with E-state index in [1.54, 1.807) is 30.5 Å². The molecule has 24 heavy (non-hydrogen) atoms. The molecule has 1 fully saturated rings. The summed E-state index contributed by atoms with van der Waals surface area (Å²) in [6, 6.07) is 1.76. The van der Waals surface area contributed by atoms with Gasteiger partial charge in [-0.25, -0.2) is 15.0 Å². The zero-order chi connectivity index (χ0) is 17.3. The quantitative estimate of drug-likeness (QED) is 0.829. The largest absolute Gasteiger partial charge is 0.328 e. The predicted octanol–water partition coefficient (Wildman–Crippen LogP) is 3.91. The van der Waals surface area contributed by atoms with Crippen LogP contribution < -0.4 is 0 Å². The molecule has 128 valence electrons. The van der Waals surface area contributed by atoms with Crippen molar-refractivity contribution in [2.45, 2.75) is 58.4 Å². The number of rotatable bonds is 2. The molecular weight excluding hydrogens is 320 g/mol. The average Bonchev–Trinajstić information content (AvgIpc) is 3.04. The summed E-state index contributed by atoms with van der Waals surface area (Å²) in [5, 5.41) is 3.17. The van der Waals surface area contributed by atoms with E-state index in [2.05, 4.69) is 36.1 Å². The molecule has 5 nitrogen and oxygen atoms in total. The fourth-order valence-electron chi connectivity index (χ4n) is 2.94. The Kier molecular flexibility index (Phi) is 4.67. The van der Waals surface area contributed by atoms with Crippen molar-refractivity contribution >= 4 is 17.2 Å². The lowest BCUT2D eigenvalue weighted by Crippen LogP contribution is -2.39. The Labute approximate surface area is 147 Å². The first-order chi connectivity index (χ1) is 11.4. The first-order valence-electron chi connectivity index (χ1n) is 8.43. The Morgan fingerprint density at radius 3 is 2.75 bits per heavy atom. The van der Waals surface area contributed by atoms with Gasteiger partial charge in [0.15, 0.2) is 0 Å². The zero-order valence-electron chi connectivity index (χ0n) is 14.7. The van der Waals surface area contributed by atoms with E-state index in [0.717, 1.165) is 36.5 Å². The predicted molar refractivity (Wildman–Crippen MR) is 95.2 cm³/mol. The minimum absolute atomic E-state index is 0.0160. The van der Waals surface area contributed by atoms with Gasteiger partial charge in [-0.05, 0) is 32.3 Å². The van der Waals surface area contributed by atoms with Gasteiger partial charge in [0, 0.05) is 23.5 Å². The molecule has 3 rings (SSSR count). The van der Waals surface area contributed by atoms with Gasteiger partial charge in [0.1, 0.15) is 16.5 Å². The highest BCUT2D eigenvalue weighted by atomic mass is 32.1. The number of nitrogens with zero attached hydrogens (tertiary/aromatic N) is 4. The van der Waals surface area contributed by atoms with Crippen LogP contribution in [0.25, 0.3) is 0 Å². The molecule has 1 aliphatic rings. The highest BCUT2D eigenvalue weighted by molar-refractivity contribution is 7.09.